The van der Waals surface area contributed by atoms with E-state index in [1.54, 1.807) is 24.3 Å². The molecular weight excluding hydrogens is 214 g/mol. The standard InChI is InChI=1S/C14H17NO2/c1-5-11-6-8-12(9-7-11)15-13(16)17-10-14(2,3)4/h1,6-9H,10H2,2-4H3,(H,15,16). The second-order valence-corrected chi connectivity index (χ2v) is 4.98. The van der Waals surface area contributed by atoms with Gasteiger partial charge in [-0.1, -0.05) is 26.7 Å². The number of ether oxygens (including phenoxy) is 1. The average Bonchev–Trinajstić information content (AvgIpc) is 2.27. The van der Waals surface area contributed by atoms with Gasteiger partial charge in [-0.25, -0.2) is 4.79 Å². The maximum atomic E-state index is 11.4. The Kier molecular flexibility index (Phi) is 4.17. The highest BCUT2D eigenvalue weighted by atomic mass is 16.5. The molecular formula is C14H17NO2. The lowest BCUT2D eigenvalue weighted by molar-refractivity contribution is 0.118. The van der Waals surface area contributed by atoms with Crippen molar-refractivity contribution in [3.8, 4) is 12.3 Å². The number of hydrogen-bond acceptors (Lipinski definition) is 2. The van der Waals surface area contributed by atoms with Crippen molar-refractivity contribution in [3.63, 3.8) is 0 Å². The fourth-order valence-corrected chi connectivity index (χ4v) is 1.09. The Bertz CT molecular complexity index is 421. The van der Waals surface area contributed by atoms with Crippen LogP contribution in [0.3, 0.4) is 0 Å². The van der Waals surface area contributed by atoms with Crippen LogP contribution < -0.4 is 5.32 Å². The minimum absolute atomic E-state index is 0.0370. The highest BCUT2D eigenvalue weighted by Gasteiger charge is 2.13. The Hall–Kier alpha value is -1.95. The summed E-state index contributed by atoms with van der Waals surface area (Å²) in [4.78, 5) is 11.4. The van der Waals surface area contributed by atoms with E-state index in [1.807, 2.05) is 20.8 Å². The molecule has 0 aliphatic rings. The number of terminal acetylenes is 1. The fourth-order valence-electron chi connectivity index (χ4n) is 1.09. The van der Waals surface area contributed by atoms with Gasteiger partial charge < -0.3 is 4.74 Å². The van der Waals surface area contributed by atoms with Crippen molar-refractivity contribution in [2.24, 2.45) is 5.41 Å². The number of hydrogen-bond donors (Lipinski definition) is 1. The van der Waals surface area contributed by atoms with Gasteiger partial charge in [0.15, 0.2) is 0 Å². The van der Waals surface area contributed by atoms with Gasteiger partial charge in [-0.15, -0.1) is 6.42 Å². The van der Waals surface area contributed by atoms with E-state index in [4.69, 9.17) is 11.2 Å². The van der Waals surface area contributed by atoms with Crippen LogP contribution in [0, 0.1) is 17.8 Å². The average molecular weight is 231 g/mol. The molecule has 0 bridgehead atoms. The number of nitrogens with one attached hydrogen (secondary N) is 1. The van der Waals surface area contributed by atoms with Gasteiger partial charge in [-0.3, -0.25) is 5.32 Å². The lowest BCUT2D eigenvalue weighted by atomic mass is 9.99. The van der Waals surface area contributed by atoms with Gasteiger partial charge >= 0.3 is 6.09 Å². The molecule has 0 radical (unpaired) electrons. The molecule has 0 fully saturated rings. The maximum Gasteiger partial charge on any atom is 0.411 e. The van der Waals surface area contributed by atoms with E-state index in [2.05, 4.69) is 11.2 Å². The molecule has 0 atom stereocenters. The largest absolute Gasteiger partial charge is 0.449 e. The van der Waals surface area contributed by atoms with Crippen molar-refractivity contribution < 1.29 is 9.53 Å². The van der Waals surface area contributed by atoms with Crippen LogP contribution in [-0.4, -0.2) is 12.7 Å². The third kappa shape index (κ3) is 5.07. The third-order valence-electron chi connectivity index (χ3n) is 1.93. The van der Waals surface area contributed by atoms with Crippen LogP contribution in [0.15, 0.2) is 24.3 Å². The Balaban J connectivity index is 2.48. The first-order valence-corrected chi connectivity index (χ1v) is 5.41. The van der Waals surface area contributed by atoms with E-state index >= 15 is 0 Å². The smallest absolute Gasteiger partial charge is 0.411 e. The van der Waals surface area contributed by atoms with Gasteiger partial charge in [-0.05, 0) is 29.7 Å². The summed E-state index contributed by atoms with van der Waals surface area (Å²) in [6.45, 7) is 6.38. The molecule has 0 saturated heterocycles. The number of carbonyl (C=O) groups excluding carboxylic acids is 1. The molecule has 90 valence electrons. The van der Waals surface area contributed by atoms with E-state index < -0.39 is 6.09 Å². The van der Waals surface area contributed by atoms with Gasteiger partial charge in [0, 0.05) is 11.3 Å². The maximum absolute atomic E-state index is 11.4. The number of rotatable bonds is 2. The summed E-state index contributed by atoms with van der Waals surface area (Å²) < 4.78 is 5.08. The van der Waals surface area contributed by atoms with Crippen LogP contribution in [0.2, 0.25) is 0 Å². The first-order chi connectivity index (χ1) is 7.90. The Morgan fingerprint density at radius 1 is 1.35 bits per heavy atom. The molecule has 3 heteroatoms. The molecule has 0 heterocycles. The van der Waals surface area contributed by atoms with Gasteiger partial charge in [0.1, 0.15) is 0 Å². The lowest BCUT2D eigenvalue weighted by Crippen LogP contribution is -2.21. The van der Waals surface area contributed by atoms with Gasteiger partial charge in [-0.2, -0.15) is 0 Å². The van der Waals surface area contributed by atoms with Crippen LogP contribution in [0.1, 0.15) is 26.3 Å². The van der Waals surface area contributed by atoms with Crippen LogP contribution in [0.25, 0.3) is 0 Å². The Labute approximate surface area is 102 Å². The van der Waals surface area contributed by atoms with Gasteiger partial charge in [0.2, 0.25) is 0 Å². The molecule has 17 heavy (non-hydrogen) atoms. The van der Waals surface area contributed by atoms with Crippen molar-refractivity contribution in [2.75, 3.05) is 11.9 Å². The second-order valence-electron chi connectivity index (χ2n) is 4.98. The normalized spacial score (nSPS) is 10.5. The molecule has 1 rings (SSSR count). The Morgan fingerprint density at radius 3 is 2.41 bits per heavy atom. The molecule has 1 amide bonds. The monoisotopic (exact) mass is 231 g/mol. The van der Waals surface area contributed by atoms with E-state index in [9.17, 15) is 4.79 Å². The Morgan fingerprint density at radius 2 is 1.94 bits per heavy atom. The summed E-state index contributed by atoms with van der Waals surface area (Å²) in [5.41, 5.74) is 1.41. The molecule has 0 aromatic heterocycles. The molecule has 0 unspecified atom stereocenters. The first kappa shape index (κ1) is 13.1. The summed E-state index contributed by atoms with van der Waals surface area (Å²) in [5.74, 6) is 2.51. The fraction of sp³-hybridized carbons (Fsp3) is 0.357. The van der Waals surface area contributed by atoms with Crippen molar-refractivity contribution in [1.29, 1.82) is 0 Å². The molecule has 0 aliphatic carbocycles. The van der Waals surface area contributed by atoms with E-state index in [0.717, 1.165) is 5.56 Å². The van der Waals surface area contributed by atoms with E-state index in [1.165, 1.54) is 0 Å². The summed E-state index contributed by atoms with van der Waals surface area (Å²) >= 11 is 0. The molecule has 0 saturated carbocycles. The molecule has 1 N–H and O–H groups in total. The SMILES string of the molecule is C#Cc1ccc(NC(=O)OCC(C)(C)C)cc1. The zero-order chi connectivity index (χ0) is 12.9. The van der Waals surface area contributed by atoms with Crippen LogP contribution in [-0.2, 0) is 4.74 Å². The van der Waals surface area contributed by atoms with E-state index in [0.29, 0.717) is 12.3 Å². The van der Waals surface area contributed by atoms with Crippen LogP contribution >= 0.6 is 0 Å². The molecule has 1 aromatic carbocycles. The predicted octanol–water partition coefficient (Wildman–Crippen LogP) is 3.26. The van der Waals surface area contributed by atoms with Crippen molar-refractivity contribution in [3.05, 3.63) is 29.8 Å². The quantitative estimate of drug-likeness (QED) is 0.793. The lowest BCUT2D eigenvalue weighted by Gasteiger charge is -2.17. The van der Waals surface area contributed by atoms with Gasteiger partial charge in [0.25, 0.3) is 0 Å². The molecule has 0 aliphatic heterocycles. The summed E-state index contributed by atoms with van der Waals surface area (Å²) in [6, 6.07) is 7.01. The van der Waals surface area contributed by atoms with Crippen molar-refractivity contribution >= 4 is 11.8 Å². The second kappa shape index (κ2) is 5.40. The summed E-state index contributed by atoms with van der Waals surface area (Å²) in [7, 11) is 0. The molecule has 0 spiro atoms. The predicted molar refractivity (Wildman–Crippen MR) is 68.8 cm³/mol. The van der Waals surface area contributed by atoms with Gasteiger partial charge in [0.05, 0.1) is 6.61 Å². The van der Waals surface area contributed by atoms with Crippen molar-refractivity contribution in [1.82, 2.24) is 0 Å². The number of carbonyl (C=O) groups is 1. The minimum Gasteiger partial charge on any atom is -0.449 e. The zero-order valence-electron chi connectivity index (χ0n) is 10.4. The van der Waals surface area contributed by atoms with Crippen molar-refractivity contribution in [2.45, 2.75) is 20.8 Å². The summed E-state index contributed by atoms with van der Waals surface area (Å²) in [5, 5.41) is 2.64. The molecule has 1 aromatic rings. The van der Waals surface area contributed by atoms with Crippen LogP contribution in [0.5, 0.6) is 0 Å². The van der Waals surface area contributed by atoms with Crippen LogP contribution in [0.4, 0.5) is 10.5 Å². The molecule has 3 nitrogen and oxygen atoms in total. The zero-order valence-corrected chi connectivity index (χ0v) is 10.4. The number of amides is 1. The minimum atomic E-state index is -0.451. The number of benzene rings is 1. The first-order valence-electron chi connectivity index (χ1n) is 5.41. The topological polar surface area (TPSA) is 38.3 Å². The number of anilines is 1. The summed E-state index contributed by atoms with van der Waals surface area (Å²) in [6.07, 6.45) is 4.78. The van der Waals surface area contributed by atoms with E-state index in [-0.39, 0.29) is 5.41 Å². The highest BCUT2D eigenvalue weighted by molar-refractivity contribution is 5.84. The third-order valence-corrected chi connectivity index (χ3v) is 1.93. The highest BCUT2D eigenvalue weighted by Crippen LogP contribution is 2.14.